The molecular formula is C20H23N5O4. The van der Waals surface area contributed by atoms with Gasteiger partial charge in [0.05, 0.1) is 11.1 Å². The number of ether oxygens (including phenoxy) is 1. The van der Waals surface area contributed by atoms with Crippen LogP contribution in [0.3, 0.4) is 0 Å². The van der Waals surface area contributed by atoms with Crippen molar-refractivity contribution < 1.29 is 18.5 Å². The highest BCUT2D eigenvalue weighted by atomic mass is 16.5. The second-order valence-corrected chi connectivity index (χ2v) is 7.28. The lowest BCUT2D eigenvalue weighted by Crippen LogP contribution is -2.49. The smallest absolute Gasteiger partial charge is 0.291 e. The van der Waals surface area contributed by atoms with Gasteiger partial charge in [-0.1, -0.05) is 5.16 Å². The zero-order valence-corrected chi connectivity index (χ0v) is 16.5. The topological polar surface area (TPSA) is 107 Å². The van der Waals surface area contributed by atoms with E-state index < -0.39 is 5.41 Å². The van der Waals surface area contributed by atoms with Gasteiger partial charge in [-0.25, -0.2) is 4.98 Å². The van der Waals surface area contributed by atoms with Crippen LogP contribution in [-0.4, -0.2) is 57.7 Å². The fourth-order valence-electron chi connectivity index (χ4n) is 3.80. The van der Waals surface area contributed by atoms with Gasteiger partial charge in [0.1, 0.15) is 0 Å². The van der Waals surface area contributed by atoms with E-state index in [1.807, 2.05) is 12.1 Å². The SMILES string of the molecule is COCCC1(c2noc(-c3ccncc3)n2)CCCN(C(=O)c2ocnc2C)C1. The number of pyridine rings is 1. The Morgan fingerprint density at radius 3 is 2.90 bits per heavy atom. The first kappa shape index (κ1) is 19.3. The van der Waals surface area contributed by atoms with Crippen LogP contribution < -0.4 is 0 Å². The van der Waals surface area contributed by atoms with Crippen LogP contribution in [0, 0.1) is 6.92 Å². The van der Waals surface area contributed by atoms with E-state index in [1.165, 1.54) is 6.39 Å². The van der Waals surface area contributed by atoms with Gasteiger partial charge in [0.25, 0.3) is 11.8 Å². The minimum absolute atomic E-state index is 0.167. The van der Waals surface area contributed by atoms with Crippen LogP contribution in [0.5, 0.6) is 0 Å². The molecule has 0 aliphatic carbocycles. The van der Waals surface area contributed by atoms with E-state index in [0.29, 0.717) is 43.5 Å². The number of aryl methyl sites for hydroxylation is 1. The van der Waals surface area contributed by atoms with Gasteiger partial charge in [0.15, 0.2) is 12.2 Å². The zero-order valence-electron chi connectivity index (χ0n) is 16.5. The quantitative estimate of drug-likeness (QED) is 0.625. The molecule has 0 N–H and O–H groups in total. The molecule has 1 aliphatic heterocycles. The van der Waals surface area contributed by atoms with Crippen molar-refractivity contribution in [2.45, 2.75) is 31.6 Å². The number of rotatable bonds is 6. The van der Waals surface area contributed by atoms with E-state index in [4.69, 9.17) is 13.7 Å². The fourth-order valence-corrected chi connectivity index (χ4v) is 3.80. The molecule has 152 valence electrons. The molecule has 1 amide bonds. The molecule has 1 fully saturated rings. The van der Waals surface area contributed by atoms with Gasteiger partial charge in [-0.15, -0.1) is 0 Å². The van der Waals surface area contributed by atoms with Crippen LogP contribution >= 0.6 is 0 Å². The lowest BCUT2D eigenvalue weighted by Gasteiger charge is -2.40. The van der Waals surface area contributed by atoms with Crippen molar-refractivity contribution in [2.24, 2.45) is 0 Å². The second kappa shape index (κ2) is 8.12. The Labute approximate surface area is 168 Å². The third-order valence-corrected chi connectivity index (χ3v) is 5.42. The number of likely N-dealkylation sites (tertiary alicyclic amines) is 1. The summed E-state index contributed by atoms with van der Waals surface area (Å²) in [4.78, 5) is 27.5. The molecule has 1 atom stereocenters. The van der Waals surface area contributed by atoms with Gasteiger partial charge < -0.3 is 18.6 Å². The minimum Gasteiger partial charge on any atom is -0.438 e. The predicted molar refractivity (Wildman–Crippen MR) is 102 cm³/mol. The van der Waals surface area contributed by atoms with Gasteiger partial charge in [-0.2, -0.15) is 4.98 Å². The first-order valence-electron chi connectivity index (χ1n) is 9.56. The second-order valence-electron chi connectivity index (χ2n) is 7.28. The highest BCUT2D eigenvalue weighted by Gasteiger charge is 2.43. The van der Waals surface area contributed by atoms with Crippen LogP contribution in [-0.2, 0) is 10.2 Å². The van der Waals surface area contributed by atoms with Crippen molar-refractivity contribution in [3.63, 3.8) is 0 Å². The summed E-state index contributed by atoms with van der Waals surface area (Å²) in [5.41, 5.74) is 0.941. The van der Waals surface area contributed by atoms with Crippen LogP contribution in [0.15, 0.2) is 39.9 Å². The Hall–Kier alpha value is -3.07. The van der Waals surface area contributed by atoms with Crippen molar-refractivity contribution in [1.29, 1.82) is 0 Å². The van der Waals surface area contributed by atoms with Crippen molar-refractivity contribution in [3.05, 3.63) is 48.2 Å². The molecule has 9 heteroatoms. The molecule has 4 heterocycles. The fraction of sp³-hybridized carbons (Fsp3) is 0.450. The first-order valence-corrected chi connectivity index (χ1v) is 9.56. The molecule has 1 unspecified atom stereocenters. The third-order valence-electron chi connectivity index (χ3n) is 5.42. The first-order chi connectivity index (χ1) is 14.1. The molecule has 0 aromatic carbocycles. The Bertz CT molecular complexity index is 970. The summed E-state index contributed by atoms with van der Waals surface area (Å²) in [6, 6.07) is 3.64. The normalized spacial score (nSPS) is 19.4. The van der Waals surface area contributed by atoms with Gasteiger partial charge in [0.2, 0.25) is 5.76 Å². The minimum atomic E-state index is -0.452. The molecular weight excluding hydrogens is 374 g/mol. The maximum absolute atomic E-state index is 13.0. The molecule has 3 aromatic heterocycles. The van der Waals surface area contributed by atoms with Gasteiger partial charge in [-0.3, -0.25) is 9.78 Å². The zero-order chi connectivity index (χ0) is 20.3. The predicted octanol–water partition coefficient (Wildman–Crippen LogP) is 2.64. The molecule has 1 saturated heterocycles. The summed E-state index contributed by atoms with van der Waals surface area (Å²) in [5, 5.41) is 4.28. The number of hydrogen-bond acceptors (Lipinski definition) is 8. The molecule has 0 spiro atoms. The Morgan fingerprint density at radius 2 is 2.17 bits per heavy atom. The molecule has 3 aromatic rings. The van der Waals surface area contributed by atoms with E-state index >= 15 is 0 Å². The molecule has 9 nitrogen and oxygen atoms in total. The number of piperidine rings is 1. The number of methoxy groups -OCH3 is 1. The number of nitrogens with zero attached hydrogens (tertiary/aromatic N) is 5. The summed E-state index contributed by atoms with van der Waals surface area (Å²) in [6.45, 7) is 3.40. The summed E-state index contributed by atoms with van der Waals surface area (Å²) < 4.78 is 16.2. The number of oxazole rings is 1. The van der Waals surface area contributed by atoms with Crippen LogP contribution in [0.4, 0.5) is 0 Å². The third kappa shape index (κ3) is 3.77. The molecule has 4 rings (SSSR count). The standard InChI is InChI=1S/C20H23N5O4/c1-14-16(28-13-22-14)18(26)25-10-3-6-20(12-25,7-11-27-2)19-23-17(29-24-19)15-4-8-21-9-5-15/h4-5,8-9,13H,3,6-7,10-12H2,1-2H3. The number of amides is 1. The molecule has 0 radical (unpaired) electrons. The summed E-state index contributed by atoms with van der Waals surface area (Å²) in [5.74, 6) is 1.14. The lowest BCUT2D eigenvalue weighted by molar-refractivity contribution is 0.0537. The highest BCUT2D eigenvalue weighted by molar-refractivity contribution is 5.92. The Morgan fingerprint density at radius 1 is 1.34 bits per heavy atom. The monoisotopic (exact) mass is 397 g/mol. The molecule has 0 saturated carbocycles. The van der Waals surface area contributed by atoms with Crippen molar-refractivity contribution >= 4 is 5.91 Å². The summed E-state index contributed by atoms with van der Waals surface area (Å²) >= 11 is 0. The van der Waals surface area contributed by atoms with Crippen LogP contribution in [0.1, 0.15) is 41.3 Å². The molecule has 1 aliphatic rings. The van der Waals surface area contributed by atoms with Crippen molar-refractivity contribution in [3.8, 4) is 11.5 Å². The average molecular weight is 397 g/mol. The van der Waals surface area contributed by atoms with E-state index in [1.54, 1.807) is 31.3 Å². The number of hydrogen-bond donors (Lipinski definition) is 0. The molecule has 29 heavy (non-hydrogen) atoms. The van der Waals surface area contributed by atoms with E-state index in [0.717, 1.165) is 18.4 Å². The maximum Gasteiger partial charge on any atom is 0.291 e. The van der Waals surface area contributed by atoms with Crippen LogP contribution in [0.2, 0.25) is 0 Å². The van der Waals surface area contributed by atoms with Gasteiger partial charge in [0, 0.05) is 44.8 Å². The summed E-state index contributed by atoms with van der Waals surface area (Å²) in [7, 11) is 1.66. The van der Waals surface area contributed by atoms with Crippen LogP contribution in [0.25, 0.3) is 11.5 Å². The van der Waals surface area contributed by atoms with Gasteiger partial charge in [-0.05, 0) is 38.3 Å². The highest BCUT2D eigenvalue weighted by Crippen LogP contribution is 2.37. The Kier molecular flexibility index (Phi) is 5.39. The number of carbonyl (C=O) groups excluding carboxylic acids is 1. The van der Waals surface area contributed by atoms with E-state index in [9.17, 15) is 4.79 Å². The van der Waals surface area contributed by atoms with Crippen molar-refractivity contribution in [1.82, 2.24) is 25.0 Å². The summed E-state index contributed by atoms with van der Waals surface area (Å²) in [6.07, 6.45) is 7.00. The molecule has 0 bridgehead atoms. The van der Waals surface area contributed by atoms with Gasteiger partial charge >= 0.3 is 0 Å². The lowest BCUT2D eigenvalue weighted by atomic mass is 9.76. The maximum atomic E-state index is 13.0. The Balaban J connectivity index is 1.64. The number of carbonyl (C=O) groups is 1. The number of aromatic nitrogens is 4. The largest absolute Gasteiger partial charge is 0.438 e. The van der Waals surface area contributed by atoms with Crippen molar-refractivity contribution in [2.75, 3.05) is 26.8 Å². The average Bonchev–Trinajstić information content (AvgIpc) is 3.42. The van der Waals surface area contributed by atoms with E-state index in [2.05, 4.69) is 20.1 Å². The van der Waals surface area contributed by atoms with E-state index in [-0.39, 0.29) is 11.7 Å².